The minimum Gasteiger partial charge on any atom is -0.324 e. The summed E-state index contributed by atoms with van der Waals surface area (Å²) >= 11 is 0. The molecule has 96 valence electrons. The molecule has 0 heterocycles. The number of hydrogen-bond acceptors (Lipinski definition) is 1. The zero-order chi connectivity index (χ0) is 13.1. The first kappa shape index (κ1) is 14.2. The maximum Gasteiger partial charge on any atom is 0.0294 e. The molecular formula is C16H27N. The van der Waals surface area contributed by atoms with Crippen LogP contribution in [0.15, 0.2) is 24.3 Å². The van der Waals surface area contributed by atoms with Crippen LogP contribution in [0, 0.1) is 5.92 Å². The molecule has 1 heteroatoms. The van der Waals surface area contributed by atoms with Crippen molar-refractivity contribution < 1.29 is 0 Å². The smallest absolute Gasteiger partial charge is 0.0294 e. The first-order valence-corrected chi connectivity index (χ1v) is 6.66. The average molecular weight is 233 g/mol. The summed E-state index contributed by atoms with van der Waals surface area (Å²) in [5, 5.41) is 0. The van der Waals surface area contributed by atoms with Crippen LogP contribution in [0.4, 0.5) is 0 Å². The Kier molecular flexibility index (Phi) is 4.76. The highest BCUT2D eigenvalue weighted by Crippen LogP contribution is 2.25. The summed E-state index contributed by atoms with van der Waals surface area (Å²) in [6.45, 7) is 11.2. The van der Waals surface area contributed by atoms with Gasteiger partial charge in [0, 0.05) is 6.04 Å². The Morgan fingerprint density at radius 1 is 1.00 bits per heavy atom. The standard InChI is InChI=1S/C16H27N/c1-12(2)6-11-15(17)13-7-9-14(10-8-13)16(3,4)5/h7-10,12,15H,6,11,17H2,1-5H3/t15-/m1/s1. The normalized spacial score (nSPS) is 14.1. The predicted octanol–water partition coefficient (Wildman–Crippen LogP) is 4.42. The molecule has 1 aromatic carbocycles. The van der Waals surface area contributed by atoms with Gasteiger partial charge in [-0.2, -0.15) is 0 Å². The maximum absolute atomic E-state index is 6.20. The van der Waals surface area contributed by atoms with Crippen LogP contribution in [0.5, 0.6) is 0 Å². The van der Waals surface area contributed by atoms with E-state index >= 15 is 0 Å². The third-order valence-corrected chi connectivity index (χ3v) is 3.26. The summed E-state index contributed by atoms with van der Waals surface area (Å²) in [6.07, 6.45) is 2.27. The SMILES string of the molecule is CC(C)CC[C@@H](N)c1ccc(C(C)(C)C)cc1. The van der Waals surface area contributed by atoms with Crippen molar-refractivity contribution in [2.24, 2.45) is 11.7 Å². The molecule has 0 aliphatic carbocycles. The van der Waals surface area contributed by atoms with E-state index in [1.807, 2.05) is 0 Å². The highest BCUT2D eigenvalue weighted by Gasteiger charge is 2.14. The molecule has 0 saturated carbocycles. The van der Waals surface area contributed by atoms with E-state index in [1.165, 1.54) is 17.5 Å². The Morgan fingerprint density at radius 3 is 1.94 bits per heavy atom. The van der Waals surface area contributed by atoms with Gasteiger partial charge in [-0.1, -0.05) is 58.9 Å². The summed E-state index contributed by atoms with van der Waals surface area (Å²) in [5.41, 5.74) is 9.06. The van der Waals surface area contributed by atoms with E-state index in [0.29, 0.717) is 0 Å². The Labute approximate surface area is 106 Å². The Hall–Kier alpha value is -0.820. The fraction of sp³-hybridized carbons (Fsp3) is 0.625. The van der Waals surface area contributed by atoms with Crippen LogP contribution in [0.25, 0.3) is 0 Å². The first-order chi connectivity index (χ1) is 7.80. The van der Waals surface area contributed by atoms with Gasteiger partial charge in [-0.05, 0) is 35.3 Å². The Bertz CT molecular complexity index is 330. The second kappa shape index (κ2) is 5.68. The molecule has 1 atom stereocenters. The summed E-state index contributed by atoms with van der Waals surface area (Å²) in [4.78, 5) is 0. The molecule has 17 heavy (non-hydrogen) atoms. The molecule has 2 N–H and O–H groups in total. The topological polar surface area (TPSA) is 26.0 Å². The summed E-state index contributed by atoms with van der Waals surface area (Å²) in [7, 11) is 0. The monoisotopic (exact) mass is 233 g/mol. The van der Waals surface area contributed by atoms with Crippen LogP contribution in [0.1, 0.15) is 64.6 Å². The highest BCUT2D eigenvalue weighted by atomic mass is 14.6. The lowest BCUT2D eigenvalue weighted by Crippen LogP contribution is -2.13. The minimum atomic E-state index is 0.186. The van der Waals surface area contributed by atoms with Crippen LogP contribution < -0.4 is 5.73 Å². The molecule has 1 rings (SSSR count). The highest BCUT2D eigenvalue weighted by molar-refractivity contribution is 5.29. The number of nitrogens with two attached hydrogens (primary N) is 1. The lowest BCUT2D eigenvalue weighted by molar-refractivity contribution is 0.507. The van der Waals surface area contributed by atoms with Crippen LogP contribution in [0.2, 0.25) is 0 Å². The van der Waals surface area contributed by atoms with Gasteiger partial charge in [0.15, 0.2) is 0 Å². The third-order valence-electron chi connectivity index (χ3n) is 3.26. The van der Waals surface area contributed by atoms with Gasteiger partial charge in [-0.15, -0.1) is 0 Å². The molecular weight excluding hydrogens is 206 g/mol. The lowest BCUT2D eigenvalue weighted by atomic mass is 9.86. The molecule has 0 aromatic heterocycles. The number of hydrogen-bond donors (Lipinski definition) is 1. The van der Waals surface area contributed by atoms with Crippen molar-refractivity contribution in [1.29, 1.82) is 0 Å². The molecule has 0 fully saturated rings. The molecule has 0 aliphatic heterocycles. The Morgan fingerprint density at radius 2 is 1.53 bits per heavy atom. The minimum absolute atomic E-state index is 0.186. The van der Waals surface area contributed by atoms with E-state index in [2.05, 4.69) is 58.9 Å². The summed E-state index contributed by atoms with van der Waals surface area (Å²) in [5.74, 6) is 0.731. The van der Waals surface area contributed by atoms with Crippen molar-refractivity contribution in [2.45, 2.75) is 58.9 Å². The van der Waals surface area contributed by atoms with Crippen molar-refractivity contribution in [2.75, 3.05) is 0 Å². The molecule has 0 amide bonds. The van der Waals surface area contributed by atoms with Gasteiger partial charge in [0.1, 0.15) is 0 Å². The quantitative estimate of drug-likeness (QED) is 0.818. The Balaban J connectivity index is 2.67. The molecule has 0 aliphatic rings. The number of rotatable bonds is 4. The molecule has 1 aromatic rings. The largest absolute Gasteiger partial charge is 0.324 e. The van der Waals surface area contributed by atoms with E-state index in [1.54, 1.807) is 0 Å². The van der Waals surface area contributed by atoms with Crippen LogP contribution in [0.3, 0.4) is 0 Å². The zero-order valence-electron chi connectivity index (χ0n) is 12.0. The molecule has 0 unspecified atom stereocenters. The summed E-state index contributed by atoms with van der Waals surface area (Å²) < 4.78 is 0. The third kappa shape index (κ3) is 4.51. The van der Waals surface area contributed by atoms with E-state index in [9.17, 15) is 0 Å². The van der Waals surface area contributed by atoms with E-state index in [0.717, 1.165) is 12.3 Å². The van der Waals surface area contributed by atoms with Gasteiger partial charge in [0.25, 0.3) is 0 Å². The van der Waals surface area contributed by atoms with E-state index < -0.39 is 0 Å². The van der Waals surface area contributed by atoms with Gasteiger partial charge in [-0.25, -0.2) is 0 Å². The van der Waals surface area contributed by atoms with Gasteiger partial charge in [0.2, 0.25) is 0 Å². The van der Waals surface area contributed by atoms with Gasteiger partial charge in [0.05, 0.1) is 0 Å². The fourth-order valence-electron chi connectivity index (χ4n) is 1.91. The van der Waals surface area contributed by atoms with Crippen LogP contribution in [-0.2, 0) is 5.41 Å². The first-order valence-electron chi connectivity index (χ1n) is 6.66. The van der Waals surface area contributed by atoms with Gasteiger partial charge >= 0.3 is 0 Å². The van der Waals surface area contributed by atoms with Crippen molar-refractivity contribution in [3.05, 3.63) is 35.4 Å². The molecule has 0 saturated heterocycles. The molecule has 0 bridgehead atoms. The molecule has 0 spiro atoms. The van der Waals surface area contributed by atoms with Crippen molar-refractivity contribution in [1.82, 2.24) is 0 Å². The maximum atomic E-state index is 6.20. The van der Waals surface area contributed by atoms with Crippen LogP contribution in [-0.4, -0.2) is 0 Å². The summed E-state index contributed by atoms with van der Waals surface area (Å²) in [6, 6.07) is 8.98. The molecule has 1 nitrogen and oxygen atoms in total. The zero-order valence-corrected chi connectivity index (χ0v) is 12.0. The van der Waals surface area contributed by atoms with Crippen molar-refractivity contribution in [3.63, 3.8) is 0 Å². The van der Waals surface area contributed by atoms with Gasteiger partial charge in [-0.3, -0.25) is 0 Å². The van der Waals surface area contributed by atoms with Crippen molar-refractivity contribution in [3.8, 4) is 0 Å². The lowest BCUT2D eigenvalue weighted by Gasteiger charge is -2.20. The second-order valence-corrected chi connectivity index (χ2v) is 6.45. The van der Waals surface area contributed by atoms with Gasteiger partial charge < -0.3 is 5.73 Å². The average Bonchev–Trinajstić information content (AvgIpc) is 2.25. The molecule has 0 radical (unpaired) electrons. The van der Waals surface area contributed by atoms with Crippen LogP contribution >= 0.6 is 0 Å². The predicted molar refractivity (Wildman–Crippen MR) is 76.1 cm³/mol. The fourth-order valence-corrected chi connectivity index (χ4v) is 1.91. The van der Waals surface area contributed by atoms with E-state index in [4.69, 9.17) is 5.73 Å². The second-order valence-electron chi connectivity index (χ2n) is 6.45. The van der Waals surface area contributed by atoms with Crippen molar-refractivity contribution >= 4 is 0 Å². The van der Waals surface area contributed by atoms with E-state index in [-0.39, 0.29) is 11.5 Å². The number of benzene rings is 1.